The van der Waals surface area contributed by atoms with Gasteiger partial charge in [0.25, 0.3) is 0 Å². The zero-order valence-corrected chi connectivity index (χ0v) is 14.3. The number of hydrogen-bond donors (Lipinski definition) is 1. The minimum atomic E-state index is -0.814. The summed E-state index contributed by atoms with van der Waals surface area (Å²) in [6, 6.07) is 5.93. The second kappa shape index (κ2) is 8.57. The molecule has 0 aromatic heterocycles. The van der Waals surface area contributed by atoms with Crippen molar-refractivity contribution in [3.63, 3.8) is 0 Å². The predicted octanol–water partition coefficient (Wildman–Crippen LogP) is 2.84. The van der Waals surface area contributed by atoms with Crippen LogP contribution in [0.5, 0.6) is 11.5 Å². The highest BCUT2D eigenvalue weighted by molar-refractivity contribution is 5.76. The van der Waals surface area contributed by atoms with Crippen LogP contribution in [0.1, 0.15) is 45.1 Å². The number of benzene rings is 1. The normalized spacial score (nSPS) is 13.6. The number of rotatable bonds is 9. The van der Waals surface area contributed by atoms with Crippen LogP contribution in [0.4, 0.5) is 0 Å². The topological polar surface area (TPSA) is 76.1 Å². The Bertz CT molecular complexity index is 587. The number of ether oxygens (including phenoxy) is 2. The van der Waals surface area contributed by atoms with Gasteiger partial charge in [-0.1, -0.05) is 6.07 Å². The molecule has 1 N–H and O–H groups in total. The number of carbonyl (C=O) groups excluding carboxylic acids is 1. The molecule has 6 heteroatoms. The van der Waals surface area contributed by atoms with Gasteiger partial charge in [0.05, 0.1) is 0 Å². The molecule has 0 fully saturated rings. The Morgan fingerprint density at radius 3 is 2.62 bits per heavy atom. The van der Waals surface area contributed by atoms with E-state index in [1.807, 2.05) is 36.9 Å². The summed E-state index contributed by atoms with van der Waals surface area (Å²) < 4.78 is 10.7. The van der Waals surface area contributed by atoms with Crippen molar-refractivity contribution in [2.24, 2.45) is 0 Å². The number of amides is 1. The number of unbranched alkanes of at least 4 members (excludes halogenated alkanes) is 1. The van der Waals surface area contributed by atoms with Gasteiger partial charge < -0.3 is 19.5 Å². The monoisotopic (exact) mass is 335 g/mol. The number of carboxylic acids is 1. The molecule has 0 saturated heterocycles. The average Bonchev–Trinajstić information content (AvgIpc) is 2.99. The van der Waals surface area contributed by atoms with E-state index in [9.17, 15) is 9.59 Å². The first kappa shape index (κ1) is 18.1. The van der Waals surface area contributed by atoms with Crippen molar-refractivity contribution in [1.82, 2.24) is 4.90 Å². The highest BCUT2D eigenvalue weighted by Crippen LogP contribution is 2.33. The summed E-state index contributed by atoms with van der Waals surface area (Å²) in [5.74, 6) is 0.776. The first-order valence-corrected chi connectivity index (χ1v) is 8.41. The smallest absolute Gasteiger partial charge is 0.303 e. The number of aliphatic carboxylic acids is 1. The Morgan fingerprint density at radius 1 is 1.21 bits per heavy atom. The van der Waals surface area contributed by atoms with E-state index in [0.29, 0.717) is 25.8 Å². The quantitative estimate of drug-likeness (QED) is 0.702. The molecule has 1 aliphatic rings. The number of hydrogen-bond acceptors (Lipinski definition) is 4. The highest BCUT2D eigenvalue weighted by Gasteiger charge is 2.20. The zero-order chi connectivity index (χ0) is 17.5. The van der Waals surface area contributed by atoms with E-state index in [1.165, 1.54) is 0 Å². The number of carbonyl (C=O) groups is 2. The molecule has 0 bridgehead atoms. The van der Waals surface area contributed by atoms with Crippen molar-refractivity contribution >= 4 is 11.9 Å². The number of likely N-dealkylation sites (N-methyl/N-ethyl adjacent to an activating group) is 1. The maximum Gasteiger partial charge on any atom is 0.303 e. The summed E-state index contributed by atoms with van der Waals surface area (Å²) in [5.41, 5.74) is 1.10. The van der Waals surface area contributed by atoms with Gasteiger partial charge in [0, 0.05) is 25.4 Å². The Morgan fingerprint density at radius 2 is 1.92 bits per heavy atom. The Kier molecular flexibility index (Phi) is 6.46. The summed E-state index contributed by atoms with van der Waals surface area (Å²) in [6.45, 7) is 4.89. The summed E-state index contributed by atoms with van der Waals surface area (Å²) >= 11 is 0. The SMILES string of the molecule is CCN(C(=O)CCCCC(=O)O)C(C)Cc1ccc2c(c1)OCO2. The zero-order valence-electron chi connectivity index (χ0n) is 14.3. The molecule has 6 nitrogen and oxygen atoms in total. The third kappa shape index (κ3) is 4.88. The van der Waals surface area contributed by atoms with Crippen molar-refractivity contribution in [2.75, 3.05) is 13.3 Å². The molecule has 24 heavy (non-hydrogen) atoms. The van der Waals surface area contributed by atoms with Crippen LogP contribution in [0.2, 0.25) is 0 Å². The molecule has 0 saturated carbocycles. The molecular weight excluding hydrogens is 310 g/mol. The molecule has 0 spiro atoms. The third-order valence-electron chi connectivity index (χ3n) is 4.19. The third-order valence-corrected chi connectivity index (χ3v) is 4.19. The average molecular weight is 335 g/mol. The van der Waals surface area contributed by atoms with Crippen LogP contribution in [0.15, 0.2) is 18.2 Å². The lowest BCUT2D eigenvalue weighted by molar-refractivity contribution is -0.138. The van der Waals surface area contributed by atoms with E-state index >= 15 is 0 Å². The predicted molar refractivity (Wildman–Crippen MR) is 89.2 cm³/mol. The molecular formula is C18H25NO5. The first-order valence-electron chi connectivity index (χ1n) is 8.41. The van der Waals surface area contributed by atoms with Gasteiger partial charge in [-0.05, 0) is 50.8 Å². The largest absolute Gasteiger partial charge is 0.481 e. The fourth-order valence-electron chi connectivity index (χ4n) is 2.95. The molecule has 0 radical (unpaired) electrons. The standard InChI is InChI=1S/C18H25NO5/c1-3-19(17(20)6-4-5-7-18(21)22)13(2)10-14-8-9-15-16(11-14)24-12-23-15/h8-9,11,13H,3-7,10,12H2,1-2H3,(H,21,22). The van der Waals surface area contributed by atoms with Crippen LogP contribution >= 0.6 is 0 Å². The van der Waals surface area contributed by atoms with Crippen LogP contribution in [0.25, 0.3) is 0 Å². The maximum atomic E-state index is 12.4. The van der Waals surface area contributed by atoms with E-state index in [0.717, 1.165) is 23.5 Å². The summed E-state index contributed by atoms with van der Waals surface area (Å²) in [4.78, 5) is 24.7. The number of nitrogens with zero attached hydrogens (tertiary/aromatic N) is 1. The van der Waals surface area contributed by atoms with Gasteiger partial charge in [-0.25, -0.2) is 0 Å². The molecule has 132 valence electrons. The van der Waals surface area contributed by atoms with Crippen LogP contribution in [-0.2, 0) is 16.0 Å². The van der Waals surface area contributed by atoms with Gasteiger partial charge in [-0.3, -0.25) is 9.59 Å². The van der Waals surface area contributed by atoms with Gasteiger partial charge >= 0.3 is 5.97 Å². The molecule has 1 unspecified atom stereocenters. The Balaban J connectivity index is 1.87. The van der Waals surface area contributed by atoms with Crippen molar-refractivity contribution in [3.05, 3.63) is 23.8 Å². The Labute approximate surface area is 142 Å². The highest BCUT2D eigenvalue weighted by atomic mass is 16.7. The molecule has 1 aliphatic heterocycles. The summed E-state index contributed by atoms with van der Waals surface area (Å²) in [6.07, 6.45) is 2.40. The number of fused-ring (bicyclic) bond motifs is 1. The Hall–Kier alpha value is -2.24. The molecule has 1 amide bonds. The van der Waals surface area contributed by atoms with Crippen molar-refractivity contribution in [3.8, 4) is 11.5 Å². The van der Waals surface area contributed by atoms with E-state index in [1.54, 1.807) is 0 Å². The van der Waals surface area contributed by atoms with Gasteiger partial charge in [-0.15, -0.1) is 0 Å². The molecule has 1 aromatic rings. The molecule has 1 heterocycles. The molecule has 1 aromatic carbocycles. The van der Waals surface area contributed by atoms with E-state index in [2.05, 4.69) is 0 Å². The van der Waals surface area contributed by atoms with Crippen molar-refractivity contribution in [1.29, 1.82) is 0 Å². The number of carboxylic acid groups (broad SMARTS) is 1. The molecule has 1 atom stereocenters. The maximum absolute atomic E-state index is 12.4. The molecule has 0 aliphatic carbocycles. The minimum absolute atomic E-state index is 0.0716. The lowest BCUT2D eigenvalue weighted by Crippen LogP contribution is -2.39. The van der Waals surface area contributed by atoms with E-state index in [-0.39, 0.29) is 25.2 Å². The fraction of sp³-hybridized carbons (Fsp3) is 0.556. The minimum Gasteiger partial charge on any atom is -0.481 e. The van der Waals surface area contributed by atoms with Gasteiger partial charge in [-0.2, -0.15) is 0 Å². The van der Waals surface area contributed by atoms with E-state index < -0.39 is 5.97 Å². The lowest BCUT2D eigenvalue weighted by atomic mass is 10.0. The van der Waals surface area contributed by atoms with Crippen LogP contribution in [0, 0.1) is 0 Å². The van der Waals surface area contributed by atoms with Crippen molar-refractivity contribution in [2.45, 2.75) is 52.0 Å². The van der Waals surface area contributed by atoms with Crippen LogP contribution < -0.4 is 9.47 Å². The summed E-state index contributed by atoms with van der Waals surface area (Å²) in [7, 11) is 0. The fourth-order valence-corrected chi connectivity index (χ4v) is 2.95. The van der Waals surface area contributed by atoms with Crippen LogP contribution in [-0.4, -0.2) is 41.3 Å². The van der Waals surface area contributed by atoms with Gasteiger partial charge in [0.1, 0.15) is 0 Å². The second-order valence-electron chi connectivity index (χ2n) is 6.02. The van der Waals surface area contributed by atoms with Crippen LogP contribution in [0.3, 0.4) is 0 Å². The lowest BCUT2D eigenvalue weighted by Gasteiger charge is -2.28. The molecule has 2 rings (SSSR count). The van der Waals surface area contributed by atoms with Crippen molar-refractivity contribution < 1.29 is 24.2 Å². The first-order chi connectivity index (χ1) is 11.5. The van der Waals surface area contributed by atoms with Gasteiger partial charge in [0.2, 0.25) is 12.7 Å². The van der Waals surface area contributed by atoms with E-state index in [4.69, 9.17) is 14.6 Å². The van der Waals surface area contributed by atoms with Gasteiger partial charge in [0.15, 0.2) is 11.5 Å². The second-order valence-corrected chi connectivity index (χ2v) is 6.02. The summed E-state index contributed by atoms with van der Waals surface area (Å²) in [5, 5.41) is 8.64.